The molecule has 1 N–H and O–H groups in total. The fraction of sp³-hybridized carbons (Fsp3) is 0.767. The van der Waals surface area contributed by atoms with Crippen LogP contribution < -0.4 is 0 Å². The SMILES string of the molecule is CC(CCc1nc2ccccc2[nH]1)C1CCC2C3CCC4CC5CC5C4(C)C3CCC12C. The second-order valence-electron chi connectivity index (χ2n) is 13.3. The molecule has 1 aromatic carbocycles. The minimum absolute atomic E-state index is 0.596. The molecule has 0 spiro atoms. The van der Waals surface area contributed by atoms with Gasteiger partial charge in [-0.1, -0.05) is 32.9 Å². The van der Waals surface area contributed by atoms with Crippen LogP contribution >= 0.6 is 0 Å². The zero-order valence-corrected chi connectivity index (χ0v) is 20.4. The van der Waals surface area contributed by atoms with E-state index in [9.17, 15) is 0 Å². The van der Waals surface area contributed by atoms with Crippen LogP contribution in [0.1, 0.15) is 84.4 Å². The summed E-state index contributed by atoms with van der Waals surface area (Å²) in [4.78, 5) is 8.42. The number of H-pyrrole nitrogens is 1. The first kappa shape index (κ1) is 20.1. The fourth-order valence-corrected chi connectivity index (χ4v) is 10.7. The van der Waals surface area contributed by atoms with Gasteiger partial charge in [-0.15, -0.1) is 0 Å². The lowest BCUT2D eigenvalue weighted by Gasteiger charge is -2.59. The number of fused-ring (bicyclic) bond motifs is 8. The van der Waals surface area contributed by atoms with E-state index in [0.717, 1.165) is 64.7 Å². The summed E-state index contributed by atoms with van der Waals surface area (Å²) in [6.45, 7) is 8.06. The van der Waals surface area contributed by atoms with Crippen LogP contribution in [0.4, 0.5) is 0 Å². The van der Waals surface area contributed by atoms with Crippen LogP contribution in [0.25, 0.3) is 11.0 Å². The molecule has 0 saturated heterocycles. The van der Waals surface area contributed by atoms with Gasteiger partial charge in [-0.05, 0) is 128 Å². The standard InChI is InChI=1S/C30H42N2/c1-18(8-13-28-31-26-6-4-5-7-27(26)32-28)22-11-12-23-21-10-9-20-16-19-17-25(19)30(20,3)24(21)14-15-29(22,23)2/h4-7,18-25H,8-17H2,1-3H3,(H,31,32). The maximum absolute atomic E-state index is 4.86. The van der Waals surface area contributed by atoms with Crippen molar-refractivity contribution in [2.24, 2.45) is 58.2 Å². The van der Waals surface area contributed by atoms with Crippen LogP contribution in [0.15, 0.2) is 24.3 Å². The van der Waals surface area contributed by atoms with Crippen LogP contribution in [0, 0.1) is 58.2 Å². The lowest BCUT2D eigenvalue weighted by Crippen LogP contribution is -2.52. The van der Waals surface area contributed by atoms with Gasteiger partial charge in [0.15, 0.2) is 0 Å². The van der Waals surface area contributed by atoms with Gasteiger partial charge in [0.25, 0.3) is 0 Å². The zero-order chi connectivity index (χ0) is 21.7. The molecule has 0 bridgehead atoms. The number of hydrogen-bond acceptors (Lipinski definition) is 1. The van der Waals surface area contributed by atoms with Gasteiger partial charge in [-0.3, -0.25) is 0 Å². The molecule has 172 valence electrons. The maximum atomic E-state index is 4.86. The number of aryl methyl sites for hydroxylation is 1. The number of aromatic nitrogens is 2. The highest BCUT2D eigenvalue weighted by Crippen LogP contribution is 2.75. The number of aromatic amines is 1. The second-order valence-corrected chi connectivity index (χ2v) is 13.3. The molecule has 1 heterocycles. The molecule has 0 aliphatic heterocycles. The minimum Gasteiger partial charge on any atom is -0.342 e. The Morgan fingerprint density at radius 2 is 1.88 bits per heavy atom. The van der Waals surface area contributed by atoms with Gasteiger partial charge in [0.05, 0.1) is 11.0 Å². The Morgan fingerprint density at radius 3 is 2.75 bits per heavy atom. The number of rotatable bonds is 4. The molecule has 5 fully saturated rings. The summed E-state index contributed by atoms with van der Waals surface area (Å²) in [5.41, 5.74) is 3.63. The van der Waals surface area contributed by atoms with E-state index in [1.165, 1.54) is 37.0 Å². The van der Waals surface area contributed by atoms with E-state index in [1.807, 2.05) is 0 Å². The highest BCUT2D eigenvalue weighted by molar-refractivity contribution is 5.74. The summed E-state index contributed by atoms with van der Waals surface area (Å²) < 4.78 is 0. The van der Waals surface area contributed by atoms with E-state index >= 15 is 0 Å². The lowest BCUT2D eigenvalue weighted by atomic mass is 9.46. The van der Waals surface area contributed by atoms with E-state index in [0.29, 0.717) is 5.41 Å². The summed E-state index contributed by atoms with van der Waals surface area (Å²) >= 11 is 0. The van der Waals surface area contributed by atoms with Gasteiger partial charge >= 0.3 is 0 Å². The Kier molecular flexibility index (Phi) is 4.31. The van der Waals surface area contributed by atoms with Crippen LogP contribution in [-0.2, 0) is 6.42 Å². The summed E-state index contributed by atoms with van der Waals surface area (Å²) in [6, 6.07) is 8.48. The maximum Gasteiger partial charge on any atom is 0.107 e. The van der Waals surface area contributed by atoms with Crippen molar-refractivity contribution in [3.63, 3.8) is 0 Å². The predicted molar refractivity (Wildman–Crippen MR) is 131 cm³/mol. The van der Waals surface area contributed by atoms with Gasteiger partial charge in [0.1, 0.15) is 5.82 Å². The number of para-hydroxylation sites is 2. The number of imidazole rings is 1. The fourth-order valence-electron chi connectivity index (χ4n) is 10.7. The van der Waals surface area contributed by atoms with Gasteiger partial charge in [-0.2, -0.15) is 0 Å². The number of nitrogens with zero attached hydrogens (tertiary/aromatic N) is 1. The third-order valence-corrected chi connectivity index (χ3v) is 12.3. The van der Waals surface area contributed by atoms with Crippen molar-refractivity contribution in [2.75, 3.05) is 0 Å². The van der Waals surface area contributed by atoms with Crippen LogP contribution in [-0.4, -0.2) is 9.97 Å². The first-order chi connectivity index (χ1) is 15.5. The average molecular weight is 431 g/mol. The van der Waals surface area contributed by atoms with Crippen molar-refractivity contribution < 1.29 is 0 Å². The van der Waals surface area contributed by atoms with Crippen LogP contribution in [0.3, 0.4) is 0 Å². The molecule has 10 atom stereocenters. The van der Waals surface area contributed by atoms with E-state index in [1.54, 1.807) is 32.1 Å². The van der Waals surface area contributed by atoms with Crippen LogP contribution in [0.5, 0.6) is 0 Å². The second kappa shape index (κ2) is 6.86. The molecule has 32 heavy (non-hydrogen) atoms. The molecule has 1 aromatic heterocycles. The first-order valence-corrected chi connectivity index (χ1v) is 13.9. The van der Waals surface area contributed by atoms with E-state index in [4.69, 9.17) is 4.98 Å². The van der Waals surface area contributed by atoms with Gasteiger partial charge in [-0.25, -0.2) is 4.98 Å². The molecule has 10 unspecified atom stereocenters. The van der Waals surface area contributed by atoms with Crippen molar-refractivity contribution in [3.05, 3.63) is 30.1 Å². The largest absolute Gasteiger partial charge is 0.342 e. The van der Waals surface area contributed by atoms with Crippen molar-refractivity contribution >= 4 is 11.0 Å². The summed E-state index contributed by atoms with van der Waals surface area (Å²) in [6.07, 6.45) is 14.7. The van der Waals surface area contributed by atoms with Crippen LogP contribution in [0.2, 0.25) is 0 Å². The Bertz CT molecular complexity index is 990. The Morgan fingerprint density at radius 1 is 1.00 bits per heavy atom. The first-order valence-electron chi connectivity index (χ1n) is 13.9. The normalized spacial score (nSPS) is 47.5. The third kappa shape index (κ3) is 2.67. The topological polar surface area (TPSA) is 28.7 Å². The number of hydrogen-bond donors (Lipinski definition) is 1. The molecule has 0 amide bonds. The number of benzene rings is 1. The monoisotopic (exact) mass is 430 g/mol. The van der Waals surface area contributed by atoms with E-state index in [2.05, 4.69) is 50.0 Å². The lowest BCUT2D eigenvalue weighted by molar-refractivity contribution is -0.100. The van der Waals surface area contributed by atoms with Gasteiger partial charge < -0.3 is 4.98 Å². The quantitative estimate of drug-likeness (QED) is 0.530. The minimum atomic E-state index is 0.596. The molecular formula is C30H42N2. The van der Waals surface area contributed by atoms with Crippen molar-refractivity contribution in [1.82, 2.24) is 9.97 Å². The van der Waals surface area contributed by atoms with Crippen molar-refractivity contribution in [1.29, 1.82) is 0 Å². The summed E-state index contributed by atoms with van der Waals surface area (Å²) in [5.74, 6) is 9.35. The average Bonchev–Trinajstić information content (AvgIpc) is 3.16. The molecule has 2 aromatic rings. The predicted octanol–water partition coefficient (Wildman–Crippen LogP) is 7.65. The molecule has 5 saturated carbocycles. The molecule has 5 aliphatic carbocycles. The van der Waals surface area contributed by atoms with Gasteiger partial charge in [0.2, 0.25) is 0 Å². The Hall–Kier alpha value is -1.31. The van der Waals surface area contributed by atoms with Gasteiger partial charge in [0, 0.05) is 6.42 Å². The zero-order valence-electron chi connectivity index (χ0n) is 20.4. The molecule has 2 nitrogen and oxygen atoms in total. The Labute approximate surface area is 194 Å². The molecule has 0 radical (unpaired) electrons. The third-order valence-electron chi connectivity index (χ3n) is 12.3. The number of nitrogens with one attached hydrogen (secondary N) is 1. The molecule has 5 aliphatic rings. The van der Waals surface area contributed by atoms with Crippen molar-refractivity contribution in [2.45, 2.75) is 85.0 Å². The van der Waals surface area contributed by atoms with E-state index in [-0.39, 0.29) is 0 Å². The molecule has 2 heteroatoms. The van der Waals surface area contributed by atoms with E-state index < -0.39 is 0 Å². The highest BCUT2D eigenvalue weighted by Gasteiger charge is 2.68. The highest BCUT2D eigenvalue weighted by atomic mass is 14.9. The molecular weight excluding hydrogens is 388 g/mol. The van der Waals surface area contributed by atoms with Crippen molar-refractivity contribution in [3.8, 4) is 0 Å². The summed E-state index contributed by atoms with van der Waals surface area (Å²) in [5, 5.41) is 0. The smallest absolute Gasteiger partial charge is 0.107 e. The molecule has 7 rings (SSSR count). The summed E-state index contributed by atoms with van der Waals surface area (Å²) in [7, 11) is 0. The Balaban J connectivity index is 1.07.